The highest BCUT2D eigenvalue weighted by atomic mass is 79.9. The first-order chi connectivity index (χ1) is 43.1. The van der Waals surface area contributed by atoms with Gasteiger partial charge in [0.25, 0.3) is 0 Å². The van der Waals surface area contributed by atoms with Crippen LogP contribution in [0.25, 0.3) is 0 Å². The maximum Gasteiger partial charge on any atom is 0.493 e. The molecule has 1 aromatic rings. The predicted octanol–water partition coefficient (Wildman–Crippen LogP) is 16.2. The van der Waals surface area contributed by atoms with E-state index in [1.54, 1.807) is 12.1 Å². The van der Waals surface area contributed by atoms with Gasteiger partial charge in [-0.15, -0.1) is 6.42 Å². The summed E-state index contributed by atoms with van der Waals surface area (Å²) in [6.45, 7) is 18.4. The van der Waals surface area contributed by atoms with Gasteiger partial charge < -0.3 is 54.5 Å². The van der Waals surface area contributed by atoms with E-state index in [4.69, 9.17) is 39.4 Å². The summed E-state index contributed by atoms with van der Waals surface area (Å²) in [6.07, 6.45) is 45.6. The summed E-state index contributed by atoms with van der Waals surface area (Å²) in [4.78, 5) is 27.7. The number of esters is 2. The zero-order valence-corrected chi connectivity index (χ0v) is 58.7. The van der Waals surface area contributed by atoms with Crippen LogP contribution in [0, 0.1) is 124 Å². The van der Waals surface area contributed by atoms with Gasteiger partial charge in [0, 0.05) is 105 Å². The number of benzene rings is 1. The first kappa shape index (κ1) is 82.4. The Hall–Kier alpha value is -5.66. The predicted molar refractivity (Wildman–Crippen MR) is 403 cm³/mol. The molecule has 2 unspecified atom stereocenters. The molecule has 0 spiro atoms. The van der Waals surface area contributed by atoms with E-state index in [0.29, 0.717) is 43.0 Å². The average Bonchev–Trinajstić information content (AvgIpc) is 0.808. The molecule has 0 N–H and O–H groups in total. The fraction of sp³-hybridized carbons (Fsp3) is 0.667. The monoisotopic (exact) mass is 1330 g/mol. The highest BCUT2D eigenvalue weighted by molar-refractivity contribution is 6.61. The summed E-state index contributed by atoms with van der Waals surface area (Å²) in [7, 11) is 3.74. The van der Waals surface area contributed by atoms with Crippen LogP contribution in [-0.4, -0.2) is 103 Å². The molecule has 0 amide bonds. The van der Waals surface area contributed by atoms with E-state index in [1.165, 1.54) is 167 Å². The average molecular weight is 1330 g/mol. The second kappa shape index (κ2) is 52.9. The molecule has 1 heterocycles. The van der Waals surface area contributed by atoms with Crippen molar-refractivity contribution >= 4 is 24.5 Å². The molecule has 0 saturated carbocycles. The van der Waals surface area contributed by atoms with E-state index >= 15 is 0 Å². The van der Waals surface area contributed by atoms with Gasteiger partial charge in [-0.2, -0.15) is 0 Å². The van der Waals surface area contributed by atoms with Crippen molar-refractivity contribution in [3.8, 4) is 113 Å². The summed E-state index contributed by atoms with van der Waals surface area (Å²) in [5, 5.41) is 0. The van der Waals surface area contributed by atoms with Crippen LogP contribution in [0.2, 0.25) is 0 Å². The Kier molecular flexibility index (Phi) is 48.4. The number of rotatable bonds is 47. The van der Waals surface area contributed by atoms with Crippen molar-refractivity contribution in [3.05, 3.63) is 24.3 Å². The number of quaternary nitrogens is 1. The van der Waals surface area contributed by atoms with Crippen LogP contribution < -0.4 is 27.2 Å². The zero-order valence-electron chi connectivity index (χ0n) is 57.1. The van der Waals surface area contributed by atoms with Crippen molar-refractivity contribution in [1.82, 2.24) is 0 Å². The van der Waals surface area contributed by atoms with Gasteiger partial charge in [0.15, 0.2) is 0 Å². The molecule has 10 nitrogen and oxygen atoms in total. The lowest BCUT2D eigenvalue weighted by Crippen LogP contribution is -3.00. The van der Waals surface area contributed by atoms with Crippen LogP contribution >= 0.6 is 0 Å². The molecule has 90 heavy (non-hydrogen) atoms. The molecule has 2 rings (SSSR count). The Labute approximate surface area is 586 Å². The summed E-state index contributed by atoms with van der Waals surface area (Å²) in [5.41, 5.74) is -1.65. The lowest BCUT2D eigenvalue weighted by molar-refractivity contribution is -0.893. The molecular formula is C78H147BBrNO9. The Bertz CT molecular complexity index is 2790. The minimum absolute atomic E-state index is 0. The Morgan fingerprint density at radius 1 is 0.578 bits per heavy atom. The summed E-state index contributed by atoms with van der Waals surface area (Å²) < 4.78 is 43.3. The Morgan fingerprint density at radius 2 is 0.989 bits per heavy atom. The number of carbonyl (C=O) groups is 2. The van der Waals surface area contributed by atoms with Crippen LogP contribution in [0.3, 0.4) is 0 Å². The van der Waals surface area contributed by atoms with E-state index in [0.717, 1.165) is 38.1 Å². The second-order valence-electron chi connectivity index (χ2n) is 25.8. The molecular weight excluding hydrogens is 1190 g/mol. The van der Waals surface area contributed by atoms with Crippen molar-refractivity contribution in [2.75, 3.05) is 73.4 Å². The normalized spacial score (nSPS) is 13.0. The van der Waals surface area contributed by atoms with Gasteiger partial charge in [-0.05, 0) is 111 Å². The zero-order chi connectivity index (χ0) is 64.8. The fourth-order valence-electron chi connectivity index (χ4n) is 10.5. The third-order valence-electron chi connectivity index (χ3n) is 16.1. The first-order valence-electron chi connectivity index (χ1n) is 33.9. The molecule has 12 heteroatoms. The SMILES string of the molecule is C#CC#CC#CC#CC#CC#CC#CC#CC#COc1ccc(B2OCC(C)(COC(=O)C(C)(C)CC(C)(CC)C(=O)OCC[N+](C)(C)CC(COCCCCCCCCCCCCCCCC)OCCCCCCCCCCCCCCCC)CO2)cc1.[Br-].[HH].[HH].[HH].[HH].[HH].[HH].[HH].[HH].[HH].[HH].[HH].[HH].[HH].[HH].[HH].[HH].[HH].[HH]. The topological polar surface area (TPSA) is 98.8 Å². The molecule has 1 aromatic carbocycles. The highest BCUT2D eigenvalue weighted by Gasteiger charge is 2.44. The number of hydrogen-bond donors (Lipinski definition) is 0. The third kappa shape index (κ3) is 42.4. The van der Waals surface area contributed by atoms with Gasteiger partial charge in [0.2, 0.25) is 0 Å². The minimum atomic E-state index is -0.966. The van der Waals surface area contributed by atoms with E-state index in [9.17, 15) is 9.59 Å². The van der Waals surface area contributed by atoms with Crippen molar-refractivity contribution in [2.24, 2.45) is 16.2 Å². The van der Waals surface area contributed by atoms with Gasteiger partial charge >= 0.3 is 19.1 Å². The van der Waals surface area contributed by atoms with Crippen molar-refractivity contribution in [1.29, 1.82) is 0 Å². The quantitative estimate of drug-likeness (QED) is 0.0208. The number of halogens is 1. The van der Waals surface area contributed by atoms with Crippen LogP contribution in [0.5, 0.6) is 5.75 Å². The molecule has 1 saturated heterocycles. The smallest absolute Gasteiger partial charge is 0.493 e. The maximum atomic E-state index is 13.9. The lowest BCUT2D eigenvalue weighted by atomic mass is 9.72. The molecule has 1 fully saturated rings. The maximum absolute atomic E-state index is 13.9. The van der Waals surface area contributed by atoms with Crippen molar-refractivity contribution in [2.45, 2.75) is 247 Å². The number of nitrogens with zero attached hydrogens (tertiary/aromatic N) is 1. The summed E-state index contributed by atoms with van der Waals surface area (Å²) in [5.74, 6) is 39.8. The largest absolute Gasteiger partial charge is 1.00 e. The molecule has 2 atom stereocenters. The molecule has 528 valence electrons. The lowest BCUT2D eigenvalue weighted by Gasteiger charge is -2.38. The van der Waals surface area contributed by atoms with E-state index < -0.39 is 23.4 Å². The number of ether oxygens (including phenoxy) is 5. The van der Waals surface area contributed by atoms with Gasteiger partial charge in [-0.3, -0.25) is 9.59 Å². The van der Waals surface area contributed by atoms with Crippen LogP contribution in [0.15, 0.2) is 24.3 Å². The molecule has 0 aromatic heterocycles. The van der Waals surface area contributed by atoms with Gasteiger partial charge in [-0.25, -0.2) is 0 Å². The van der Waals surface area contributed by atoms with Crippen molar-refractivity contribution < 1.29 is 89.7 Å². The van der Waals surface area contributed by atoms with Crippen LogP contribution in [0.1, 0.15) is 267 Å². The Morgan fingerprint density at radius 3 is 1.42 bits per heavy atom. The number of hydrogen-bond acceptors (Lipinski definition) is 9. The molecule has 1 aliphatic rings. The highest BCUT2D eigenvalue weighted by Crippen LogP contribution is 2.39. The molecule has 0 radical (unpaired) electrons. The third-order valence-corrected chi connectivity index (χ3v) is 16.1. The van der Waals surface area contributed by atoms with Crippen LogP contribution in [0.4, 0.5) is 0 Å². The second-order valence-corrected chi connectivity index (χ2v) is 25.8. The van der Waals surface area contributed by atoms with Crippen LogP contribution in [-0.2, 0) is 37.8 Å². The van der Waals surface area contributed by atoms with E-state index in [-0.39, 0.29) is 80.3 Å². The van der Waals surface area contributed by atoms with Gasteiger partial charge in [0.05, 0.1) is 31.5 Å². The first-order valence-corrected chi connectivity index (χ1v) is 33.9. The van der Waals surface area contributed by atoms with E-state index in [2.05, 4.69) is 129 Å². The number of unbranched alkanes of at least 4 members (excludes halogenated alkanes) is 26. The number of carbonyl (C=O) groups excluding carboxylic acids is 2. The molecule has 1 aliphatic heterocycles. The standard InChI is InChI=1S/C78H111BNO9.BrH.18H2/c1-11-15-18-21-24-27-30-33-36-37-40-42-45-48-51-54-62-84-72-58-56-71(57-59-72)79-88-69-77(7,70-89-79)68-87-74(81)76(5,6)67-78(8,14-4)75(82)86-64-60-80(9,10)65-73(85-63-55-52-49-46-43-39-35-32-29-26-23-20-17-13-3)66-83-61-53-50-47-44-41-38-34-31-28-25-22-19-16-12-2;;;;;;;;;;;;;;;;;;;/h1,56-59,73H,12-14,16-17,19-20,22-23,25-26,28-29,31-32,34-35,38-39,41,43-44,46-47,49-50,52-53,55,60-61,63-70H2,2-10H3;19*1H/q+1;;;;;;;;;;;;;;;;;;;/p-1. The number of likely N-dealkylation sites (N-methyl/N-ethyl adjacent to an activating group) is 1. The summed E-state index contributed by atoms with van der Waals surface area (Å²) >= 11 is 0. The van der Waals surface area contributed by atoms with Gasteiger partial charge in [-0.1, -0.05) is 207 Å². The van der Waals surface area contributed by atoms with E-state index in [1.807, 2.05) is 46.8 Å². The minimum Gasteiger partial charge on any atom is -1.00 e. The van der Waals surface area contributed by atoms with Gasteiger partial charge in [0.1, 0.15) is 44.3 Å². The molecule has 0 bridgehead atoms. The van der Waals surface area contributed by atoms with Crippen molar-refractivity contribution in [3.63, 3.8) is 0 Å². The Balaban J connectivity index is -0.000000266. The fourth-order valence-corrected chi connectivity index (χ4v) is 10.5. The number of terminal acetylenes is 1. The molecule has 0 aliphatic carbocycles. The summed E-state index contributed by atoms with van der Waals surface area (Å²) in [6, 6.07) is 7.19.